The van der Waals surface area contributed by atoms with Gasteiger partial charge in [0.05, 0.1) is 11.3 Å². The quantitative estimate of drug-likeness (QED) is 0.727. The normalized spacial score (nSPS) is 10.8. The summed E-state index contributed by atoms with van der Waals surface area (Å²) in [7, 11) is 0. The van der Waals surface area contributed by atoms with E-state index in [4.69, 9.17) is 16.0 Å². The molecule has 2 aromatic heterocycles. The second-order valence-corrected chi connectivity index (χ2v) is 5.21. The zero-order valence-electron chi connectivity index (χ0n) is 9.64. The zero-order chi connectivity index (χ0) is 13.2. The minimum atomic E-state index is -0.372. The lowest BCUT2D eigenvalue weighted by molar-refractivity contribution is 0.512. The molecule has 0 aliphatic heterocycles. The van der Waals surface area contributed by atoms with E-state index in [2.05, 4.69) is 10.2 Å². The summed E-state index contributed by atoms with van der Waals surface area (Å²) in [6.45, 7) is 0. The van der Waals surface area contributed by atoms with Gasteiger partial charge in [-0.15, -0.1) is 21.5 Å². The zero-order valence-corrected chi connectivity index (χ0v) is 11.2. The first-order valence-electron chi connectivity index (χ1n) is 5.53. The SMILES string of the molecule is Fc1cccc(Cl)c1Cc1nnc(-c2cccs2)o1. The fourth-order valence-corrected chi connectivity index (χ4v) is 2.55. The highest BCUT2D eigenvalue weighted by Gasteiger charge is 2.14. The summed E-state index contributed by atoms with van der Waals surface area (Å²) in [5.74, 6) is 0.413. The maximum absolute atomic E-state index is 13.6. The third-order valence-corrected chi connectivity index (χ3v) is 3.80. The van der Waals surface area contributed by atoms with E-state index < -0.39 is 0 Å². The highest BCUT2D eigenvalue weighted by atomic mass is 35.5. The van der Waals surface area contributed by atoms with Gasteiger partial charge in [0, 0.05) is 10.6 Å². The summed E-state index contributed by atoms with van der Waals surface area (Å²) in [6.07, 6.45) is 0.184. The molecule has 1 aromatic carbocycles. The summed E-state index contributed by atoms with van der Waals surface area (Å²) in [5, 5.41) is 10.1. The van der Waals surface area contributed by atoms with Crippen molar-refractivity contribution in [2.24, 2.45) is 0 Å². The summed E-state index contributed by atoms with van der Waals surface area (Å²) >= 11 is 7.46. The second kappa shape index (κ2) is 5.11. The van der Waals surface area contributed by atoms with Crippen LogP contribution in [0.5, 0.6) is 0 Å². The number of thiophene rings is 1. The largest absolute Gasteiger partial charge is 0.420 e. The monoisotopic (exact) mass is 294 g/mol. The fourth-order valence-electron chi connectivity index (χ4n) is 1.68. The Kier molecular flexibility index (Phi) is 3.31. The molecule has 0 saturated carbocycles. The van der Waals surface area contributed by atoms with Gasteiger partial charge < -0.3 is 4.42 Å². The van der Waals surface area contributed by atoms with Crippen molar-refractivity contribution in [3.63, 3.8) is 0 Å². The van der Waals surface area contributed by atoms with Gasteiger partial charge in [-0.1, -0.05) is 23.7 Å². The van der Waals surface area contributed by atoms with Crippen molar-refractivity contribution in [2.45, 2.75) is 6.42 Å². The van der Waals surface area contributed by atoms with E-state index in [1.807, 2.05) is 17.5 Å². The predicted octanol–water partition coefficient (Wildman–Crippen LogP) is 4.18. The van der Waals surface area contributed by atoms with Crippen LogP contribution >= 0.6 is 22.9 Å². The van der Waals surface area contributed by atoms with Crippen LogP contribution in [0.2, 0.25) is 5.02 Å². The summed E-state index contributed by atoms with van der Waals surface area (Å²) < 4.78 is 19.1. The van der Waals surface area contributed by atoms with Crippen molar-refractivity contribution in [2.75, 3.05) is 0 Å². The van der Waals surface area contributed by atoms with Gasteiger partial charge in [0.15, 0.2) is 0 Å². The van der Waals surface area contributed by atoms with Crippen molar-refractivity contribution in [1.29, 1.82) is 0 Å². The number of hydrogen-bond donors (Lipinski definition) is 0. The Labute approximate surface area is 117 Å². The van der Waals surface area contributed by atoms with Crippen LogP contribution in [-0.4, -0.2) is 10.2 Å². The molecule has 0 N–H and O–H groups in total. The highest BCUT2D eigenvalue weighted by Crippen LogP contribution is 2.26. The van der Waals surface area contributed by atoms with Crippen molar-refractivity contribution in [3.05, 3.63) is 58.0 Å². The molecule has 0 atom stereocenters. The van der Waals surface area contributed by atoms with E-state index in [-0.39, 0.29) is 12.2 Å². The highest BCUT2D eigenvalue weighted by molar-refractivity contribution is 7.13. The van der Waals surface area contributed by atoms with Crippen molar-refractivity contribution >= 4 is 22.9 Å². The molecule has 3 aromatic rings. The molecular weight excluding hydrogens is 287 g/mol. The van der Waals surface area contributed by atoms with Crippen molar-refractivity contribution < 1.29 is 8.81 Å². The van der Waals surface area contributed by atoms with Gasteiger partial charge in [-0.2, -0.15) is 0 Å². The molecular formula is C13H8ClFN2OS. The lowest BCUT2D eigenvalue weighted by Crippen LogP contribution is -1.94. The first-order valence-corrected chi connectivity index (χ1v) is 6.79. The number of rotatable bonds is 3. The van der Waals surface area contributed by atoms with Crippen molar-refractivity contribution in [3.8, 4) is 10.8 Å². The molecule has 0 saturated heterocycles. The first kappa shape index (κ1) is 12.3. The van der Waals surface area contributed by atoms with E-state index in [9.17, 15) is 4.39 Å². The maximum Gasteiger partial charge on any atom is 0.257 e. The molecule has 3 rings (SSSR count). The summed E-state index contributed by atoms with van der Waals surface area (Å²) in [5.41, 5.74) is 0.366. The lowest BCUT2D eigenvalue weighted by Gasteiger charge is -2.01. The number of benzene rings is 1. The molecule has 0 spiro atoms. The maximum atomic E-state index is 13.6. The van der Waals surface area contributed by atoms with Gasteiger partial charge in [0.25, 0.3) is 5.89 Å². The summed E-state index contributed by atoms with van der Waals surface area (Å²) in [6, 6.07) is 8.34. The smallest absolute Gasteiger partial charge is 0.257 e. The van der Waals surface area contributed by atoms with Crippen LogP contribution in [0.1, 0.15) is 11.5 Å². The van der Waals surface area contributed by atoms with E-state index in [1.54, 1.807) is 12.1 Å². The number of halogens is 2. The Morgan fingerprint density at radius 1 is 1.21 bits per heavy atom. The molecule has 0 radical (unpaired) electrons. The fraction of sp³-hybridized carbons (Fsp3) is 0.0769. The van der Waals surface area contributed by atoms with Crippen LogP contribution in [-0.2, 0) is 6.42 Å². The molecule has 3 nitrogen and oxygen atoms in total. The molecule has 0 unspecified atom stereocenters. The molecule has 0 bridgehead atoms. The number of hydrogen-bond acceptors (Lipinski definition) is 4. The minimum absolute atomic E-state index is 0.184. The number of aromatic nitrogens is 2. The Hall–Kier alpha value is -1.72. The molecule has 19 heavy (non-hydrogen) atoms. The average Bonchev–Trinajstić information content (AvgIpc) is 3.04. The van der Waals surface area contributed by atoms with Crippen LogP contribution in [0.25, 0.3) is 10.8 Å². The Morgan fingerprint density at radius 2 is 2.11 bits per heavy atom. The van der Waals surface area contributed by atoms with Gasteiger partial charge in [0.2, 0.25) is 5.89 Å². The van der Waals surface area contributed by atoms with E-state index in [0.717, 1.165) is 4.88 Å². The van der Waals surface area contributed by atoms with Gasteiger partial charge in [-0.3, -0.25) is 0 Å². The van der Waals surface area contributed by atoms with Crippen LogP contribution in [0.3, 0.4) is 0 Å². The Morgan fingerprint density at radius 3 is 2.84 bits per heavy atom. The lowest BCUT2D eigenvalue weighted by atomic mass is 10.1. The van der Waals surface area contributed by atoms with Crippen molar-refractivity contribution in [1.82, 2.24) is 10.2 Å². The first-order chi connectivity index (χ1) is 9.24. The third-order valence-electron chi connectivity index (χ3n) is 2.59. The van der Waals surface area contributed by atoms with Crippen LogP contribution in [0.4, 0.5) is 4.39 Å². The average molecular weight is 295 g/mol. The standard InChI is InChI=1S/C13H8ClFN2OS/c14-9-3-1-4-10(15)8(9)7-12-16-17-13(18-12)11-5-2-6-19-11/h1-6H,7H2. The molecule has 6 heteroatoms. The van der Waals surface area contributed by atoms with Gasteiger partial charge in [-0.25, -0.2) is 4.39 Å². The number of nitrogens with zero attached hydrogens (tertiary/aromatic N) is 2. The van der Waals surface area contributed by atoms with Gasteiger partial charge in [-0.05, 0) is 23.6 Å². The third kappa shape index (κ3) is 2.52. The van der Waals surface area contributed by atoms with Crippen LogP contribution < -0.4 is 0 Å². The van der Waals surface area contributed by atoms with E-state index in [0.29, 0.717) is 22.4 Å². The van der Waals surface area contributed by atoms with Gasteiger partial charge >= 0.3 is 0 Å². The molecule has 2 heterocycles. The molecule has 96 valence electrons. The Bertz CT molecular complexity index is 676. The molecule has 0 aliphatic rings. The van der Waals surface area contributed by atoms with Gasteiger partial charge in [0.1, 0.15) is 5.82 Å². The Balaban J connectivity index is 1.88. The topological polar surface area (TPSA) is 38.9 Å². The van der Waals surface area contributed by atoms with Crippen LogP contribution in [0.15, 0.2) is 40.1 Å². The molecule has 0 amide bonds. The summed E-state index contributed by atoms with van der Waals surface area (Å²) in [4.78, 5) is 0.887. The van der Waals surface area contributed by atoms with E-state index >= 15 is 0 Å². The molecule has 0 fully saturated rings. The second-order valence-electron chi connectivity index (χ2n) is 3.86. The van der Waals surface area contributed by atoms with E-state index in [1.165, 1.54) is 17.4 Å². The van der Waals surface area contributed by atoms with Crippen LogP contribution in [0, 0.1) is 5.82 Å². The minimum Gasteiger partial charge on any atom is -0.420 e. The molecule has 0 aliphatic carbocycles. The predicted molar refractivity (Wildman–Crippen MR) is 71.8 cm³/mol.